The van der Waals surface area contributed by atoms with E-state index >= 15 is 0 Å². The molecule has 0 unspecified atom stereocenters. The Hall–Kier alpha value is -1.70. The van der Waals surface area contributed by atoms with Crippen LogP contribution in [0.3, 0.4) is 0 Å². The average molecular weight is 493 g/mol. The molecule has 1 atom stereocenters. The molecule has 2 aromatic rings. The van der Waals surface area contributed by atoms with Gasteiger partial charge in [-0.15, -0.1) is 0 Å². The first-order chi connectivity index (χ1) is 14.1. The van der Waals surface area contributed by atoms with Crippen molar-refractivity contribution in [3.05, 3.63) is 63.1 Å². The third-order valence-electron chi connectivity index (χ3n) is 5.73. The zero-order valence-electron chi connectivity index (χ0n) is 17.9. The van der Waals surface area contributed by atoms with Crippen molar-refractivity contribution in [3.63, 3.8) is 0 Å². The topological polar surface area (TPSA) is 66.5 Å². The minimum absolute atomic E-state index is 0.0118. The lowest BCUT2D eigenvalue weighted by Gasteiger charge is -2.32. The predicted octanol–water partition coefficient (Wildman–Crippen LogP) is 4.65. The van der Waals surface area contributed by atoms with E-state index in [1.165, 1.54) is 4.31 Å². The summed E-state index contributed by atoms with van der Waals surface area (Å²) >= 11 is 3.46. The number of carbonyl (C=O) groups is 1. The van der Waals surface area contributed by atoms with Crippen LogP contribution in [0.4, 0.5) is 0 Å². The van der Waals surface area contributed by atoms with Crippen LogP contribution in [0.25, 0.3) is 0 Å². The SMILES string of the molecule is Cc1cc(C)c(S(=O)(=O)N2CCC(C(=O)N[C@H](C)c3cccc(Br)c3)CC2)c(C)c1. The Labute approximate surface area is 188 Å². The number of nitrogens with zero attached hydrogens (tertiary/aromatic N) is 1. The molecule has 1 aliphatic heterocycles. The number of rotatable bonds is 5. The lowest BCUT2D eigenvalue weighted by atomic mass is 9.96. The third kappa shape index (κ3) is 4.95. The van der Waals surface area contributed by atoms with Gasteiger partial charge in [-0.2, -0.15) is 4.31 Å². The summed E-state index contributed by atoms with van der Waals surface area (Å²) in [5.41, 5.74) is 3.63. The third-order valence-corrected chi connectivity index (χ3v) is 8.43. The van der Waals surface area contributed by atoms with E-state index in [0.717, 1.165) is 26.7 Å². The van der Waals surface area contributed by atoms with Crippen molar-refractivity contribution in [1.82, 2.24) is 9.62 Å². The van der Waals surface area contributed by atoms with Crippen molar-refractivity contribution in [2.24, 2.45) is 5.92 Å². The fourth-order valence-corrected chi connectivity index (χ4v) is 6.55. The molecule has 3 rings (SSSR count). The van der Waals surface area contributed by atoms with Crippen molar-refractivity contribution in [2.75, 3.05) is 13.1 Å². The molecule has 1 amide bonds. The fourth-order valence-electron chi connectivity index (χ4n) is 4.25. The molecule has 2 aromatic carbocycles. The van der Waals surface area contributed by atoms with Gasteiger partial charge in [0.15, 0.2) is 0 Å². The van der Waals surface area contributed by atoms with Gasteiger partial charge in [-0.3, -0.25) is 4.79 Å². The molecule has 1 fully saturated rings. The van der Waals surface area contributed by atoms with Crippen molar-refractivity contribution in [1.29, 1.82) is 0 Å². The number of benzene rings is 2. The summed E-state index contributed by atoms with van der Waals surface area (Å²) in [4.78, 5) is 13.2. The first-order valence-corrected chi connectivity index (χ1v) is 12.5. The molecule has 0 aliphatic carbocycles. The molecule has 0 bridgehead atoms. The van der Waals surface area contributed by atoms with E-state index in [1.54, 1.807) is 0 Å². The van der Waals surface area contributed by atoms with E-state index in [-0.39, 0.29) is 17.9 Å². The van der Waals surface area contributed by atoms with Crippen LogP contribution in [-0.2, 0) is 14.8 Å². The standard InChI is InChI=1S/C23H29BrN2O3S/c1-15-12-16(2)22(17(3)13-15)30(28,29)26-10-8-19(9-11-26)23(27)25-18(4)20-6-5-7-21(24)14-20/h5-7,12-14,18-19H,8-11H2,1-4H3,(H,25,27)/t18-/m1/s1. The minimum Gasteiger partial charge on any atom is -0.349 e. The number of nitrogens with one attached hydrogen (secondary N) is 1. The van der Waals surface area contributed by atoms with Crippen LogP contribution in [0.5, 0.6) is 0 Å². The van der Waals surface area contributed by atoms with Gasteiger partial charge in [0.05, 0.1) is 10.9 Å². The quantitative estimate of drug-likeness (QED) is 0.660. The number of piperidine rings is 1. The van der Waals surface area contributed by atoms with Gasteiger partial charge >= 0.3 is 0 Å². The van der Waals surface area contributed by atoms with Gasteiger partial charge < -0.3 is 5.32 Å². The van der Waals surface area contributed by atoms with Crippen LogP contribution >= 0.6 is 15.9 Å². The van der Waals surface area contributed by atoms with Gasteiger partial charge in [0, 0.05) is 23.5 Å². The van der Waals surface area contributed by atoms with E-state index in [0.29, 0.717) is 30.8 Å². The Bertz CT molecular complexity index is 1020. The van der Waals surface area contributed by atoms with Crippen LogP contribution in [0.2, 0.25) is 0 Å². The zero-order valence-corrected chi connectivity index (χ0v) is 20.3. The molecular weight excluding hydrogens is 464 g/mol. The average Bonchev–Trinajstić information content (AvgIpc) is 2.67. The molecule has 1 heterocycles. The largest absolute Gasteiger partial charge is 0.349 e. The Morgan fingerprint density at radius 2 is 1.70 bits per heavy atom. The van der Waals surface area contributed by atoms with Crippen LogP contribution in [0, 0.1) is 26.7 Å². The lowest BCUT2D eigenvalue weighted by Crippen LogP contribution is -2.43. The van der Waals surface area contributed by atoms with Gasteiger partial charge in [0.1, 0.15) is 0 Å². The van der Waals surface area contributed by atoms with Gasteiger partial charge in [-0.1, -0.05) is 45.8 Å². The number of hydrogen-bond acceptors (Lipinski definition) is 3. The Morgan fingerprint density at radius 1 is 1.10 bits per heavy atom. The van der Waals surface area contributed by atoms with E-state index in [9.17, 15) is 13.2 Å². The highest BCUT2D eigenvalue weighted by Crippen LogP contribution is 2.29. The highest BCUT2D eigenvalue weighted by Gasteiger charge is 2.34. The van der Waals surface area contributed by atoms with Crippen molar-refractivity contribution >= 4 is 31.9 Å². The van der Waals surface area contributed by atoms with Crippen molar-refractivity contribution < 1.29 is 13.2 Å². The summed E-state index contributed by atoms with van der Waals surface area (Å²) in [6.07, 6.45) is 1.06. The number of halogens is 1. The minimum atomic E-state index is -3.56. The summed E-state index contributed by atoms with van der Waals surface area (Å²) in [5, 5.41) is 3.08. The maximum Gasteiger partial charge on any atom is 0.243 e. The number of sulfonamides is 1. The Balaban J connectivity index is 1.65. The molecule has 0 spiro atoms. The number of hydrogen-bond donors (Lipinski definition) is 1. The second-order valence-corrected chi connectivity index (χ2v) is 11.0. The summed E-state index contributed by atoms with van der Waals surface area (Å²) in [6, 6.07) is 11.6. The molecule has 162 valence electrons. The van der Waals surface area contributed by atoms with Crippen molar-refractivity contribution in [3.8, 4) is 0 Å². The first kappa shape index (κ1) is 23.0. The Morgan fingerprint density at radius 3 is 2.27 bits per heavy atom. The maximum atomic E-state index is 13.2. The second-order valence-electron chi connectivity index (χ2n) is 8.19. The summed E-state index contributed by atoms with van der Waals surface area (Å²) < 4.78 is 29.0. The molecule has 1 saturated heterocycles. The second kappa shape index (κ2) is 9.20. The molecule has 30 heavy (non-hydrogen) atoms. The van der Waals surface area contributed by atoms with Crippen LogP contribution in [-0.4, -0.2) is 31.7 Å². The van der Waals surface area contributed by atoms with E-state index < -0.39 is 10.0 Å². The van der Waals surface area contributed by atoms with Gasteiger partial charge in [0.25, 0.3) is 0 Å². The molecule has 0 saturated carbocycles. The fraction of sp³-hybridized carbons (Fsp3) is 0.435. The van der Waals surface area contributed by atoms with Crippen molar-refractivity contribution in [2.45, 2.75) is 51.5 Å². The number of carbonyl (C=O) groups excluding carboxylic acids is 1. The van der Waals surface area contributed by atoms with E-state index in [4.69, 9.17) is 0 Å². The normalized spacial score (nSPS) is 17.0. The molecule has 7 heteroatoms. The molecule has 1 N–H and O–H groups in total. The van der Waals surface area contributed by atoms with E-state index in [1.807, 2.05) is 64.1 Å². The molecule has 0 aromatic heterocycles. The van der Waals surface area contributed by atoms with Gasteiger partial charge in [0.2, 0.25) is 15.9 Å². The smallest absolute Gasteiger partial charge is 0.243 e. The van der Waals surface area contributed by atoms with Gasteiger partial charge in [-0.05, 0) is 69.4 Å². The molecule has 0 radical (unpaired) electrons. The lowest BCUT2D eigenvalue weighted by molar-refractivity contribution is -0.126. The first-order valence-electron chi connectivity index (χ1n) is 10.2. The van der Waals surface area contributed by atoms with E-state index in [2.05, 4.69) is 21.2 Å². The number of aryl methyl sites for hydroxylation is 3. The Kier molecular flexibility index (Phi) is 7.05. The van der Waals surface area contributed by atoms with Crippen LogP contribution in [0.1, 0.15) is 48.1 Å². The van der Waals surface area contributed by atoms with Gasteiger partial charge in [-0.25, -0.2) is 8.42 Å². The summed E-state index contributed by atoms with van der Waals surface area (Å²) in [6.45, 7) is 8.33. The predicted molar refractivity (Wildman–Crippen MR) is 123 cm³/mol. The monoisotopic (exact) mass is 492 g/mol. The highest BCUT2D eigenvalue weighted by atomic mass is 79.9. The summed E-state index contributed by atoms with van der Waals surface area (Å²) in [7, 11) is -3.56. The van der Waals surface area contributed by atoms with Crippen LogP contribution in [0.15, 0.2) is 45.8 Å². The molecular formula is C23H29BrN2O3S. The number of amides is 1. The molecule has 1 aliphatic rings. The molecule has 5 nitrogen and oxygen atoms in total. The summed E-state index contributed by atoms with van der Waals surface area (Å²) in [5.74, 6) is -0.187. The zero-order chi connectivity index (χ0) is 22.1. The van der Waals surface area contributed by atoms with Crippen LogP contribution < -0.4 is 5.32 Å². The maximum absolute atomic E-state index is 13.2. The highest BCUT2D eigenvalue weighted by molar-refractivity contribution is 9.10.